The fourth-order valence-corrected chi connectivity index (χ4v) is 2.64. The molecule has 0 amide bonds. The highest BCUT2D eigenvalue weighted by atomic mass is 32.2. The third kappa shape index (κ3) is 5.51. The molecule has 0 unspecified atom stereocenters. The summed E-state index contributed by atoms with van der Waals surface area (Å²) in [5, 5.41) is 0. The molecule has 0 aliphatic rings. The van der Waals surface area contributed by atoms with Crippen LogP contribution in [-0.4, -0.2) is 38.4 Å². The van der Waals surface area contributed by atoms with Gasteiger partial charge in [0.2, 0.25) is 0 Å². The van der Waals surface area contributed by atoms with Gasteiger partial charge in [0.15, 0.2) is 0 Å². The first kappa shape index (κ1) is 15.0. The Hall–Kier alpha value is -1.07. The summed E-state index contributed by atoms with van der Waals surface area (Å²) in [6.07, 6.45) is 0.676. The highest BCUT2D eigenvalue weighted by molar-refractivity contribution is 7.91. The van der Waals surface area contributed by atoms with Crippen LogP contribution in [0.3, 0.4) is 0 Å². The highest BCUT2D eigenvalue weighted by Crippen LogP contribution is 2.09. The van der Waals surface area contributed by atoms with Gasteiger partial charge < -0.3 is 10.6 Å². The van der Waals surface area contributed by atoms with E-state index in [9.17, 15) is 8.42 Å². The van der Waals surface area contributed by atoms with Crippen LogP contribution in [-0.2, 0) is 16.4 Å². The first-order chi connectivity index (χ1) is 8.43. The third-order valence-corrected chi connectivity index (χ3v) is 4.63. The smallest absolute Gasteiger partial charge is 0.150 e. The summed E-state index contributed by atoms with van der Waals surface area (Å²) in [7, 11) is -0.854. The van der Waals surface area contributed by atoms with Crippen molar-refractivity contribution in [1.29, 1.82) is 0 Å². The summed E-state index contributed by atoms with van der Waals surface area (Å²) in [4.78, 5) is 2.11. The third-order valence-electron chi connectivity index (χ3n) is 2.84. The van der Waals surface area contributed by atoms with Crippen molar-refractivity contribution in [2.24, 2.45) is 0 Å². The van der Waals surface area contributed by atoms with Gasteiger partial charge in [0.05, 0.1) is 5.75 Å². The number of nitrogens with zero attached hydrogens (tertiary/aromatic N) is 1. The van der Waals surface area contributed by atoms with Crippen molar-refractivity contribution in [1.82, 2.24) is 4.90 Å². The van der Waals surface area contributed by atoms with Gasteiger partial charge in [-0.1, -0.05) is 19.1 Å². The first-order valence-electron chi connectivity index (χ1n) is 6.16. The van der Waals surface area contributed by atoms with Crippen molar-refractivity contribution < 1.29 is 8.42 Å². The van der Waals surface area contributed by atoms with E-state index in [2.05, 4.69) is 4.90 Å². The normalized spacial score (nSPS) is 11.9. The van der Waals surface area contributed by atoms with E-state index in [1.54, 1.807) is 6.92 Å². The van der Waals surface area contributed by atoms with E-state index in [1.165, 1.54) is 0 Å². The lowest BCUT2D eigenvalue weighted by Crippen LogP contribution is -2.22. The van der Waals surface area contributed by atoms with E-state index in [1.807, 2.05) is 31.3 Å². The van der Waals surface area contributed by atoms with Crippen molar-refractivity contribution in [3.05, 3.63) is 29.8 Å². The second-order valence-corrected chi connectivity index (χ2v) is 7.05. The molecular weight excluding hydrogens is 248 g/mol. The van der Waals surface area contributed by atoms with E-state index in [0.29, 0.717) is 6.42 Å². The van der Waals surface area contributed by atoms with E-state index in [-0.39, 0.29) is 11.5 Å². The van der Waals surface area contributed by atoms with Gasteiger partial charge in [-0.05, 0) is 37.7 Å². The summed E-state index contributed by atoms with van der Waals surface area (Å²) in [6.45, 7) is 3.25. The minimum atomic E-state index is -2.84. The quantitative estimate of drug-likeness (QED) is 0.763. The standard InChI is InChI=1S/C13H22N2O2S/c1-3-18(16,17)9-5-8-15(2)11-12-6-4-7-13(14)10-12/h4,6-7,10H,3,5,8-9,11,14H2,1-2H3. The van der Waals surface area contributed by atoms with Crippen LogP contribution in [0.25, 0.3) is 0 Å². The van der Waals surface area contributed by atoms with Crippen molar-refractivity contribution >= 4 is 15.5 Å². The van der Waals surface area contributed by atoms with E-state index >= 15 is 0 Å². The number of hydrogen-bond acceptors (Lipinski definition) is 4. The molecule has 1 aromatic carbocycles. The minimum absolute atomic E-state index is 0.228. The number of sulfone groups is 1. The van der Waals surface area contributed by atoms with Gasteiger partial charge in [-0.2, -0.15) is 0 Å². The maximum absolute atomic E-state index is 11.3. The molecule has 0 spiro atoms. The molecule has 0 radical (unpaired) electrons. The number of hydrogen-bond donors (Lipinski definition) is 1. The molecule has 0 aromatic heterocycles. The largest absolute Gasteiger partial charge is 0.399 e. The second kappa shape index (κ2) is 6.75. The molecule has 0 saturated carbocycles. The van der Waals surface area contributed by atoms with Crippen LogP contribution < -0.4 is 5.73 Å². The van der Waals surface area contributed by atoms with Gasteiger partial charge in [-0.3, -0.25) is 0 Å². The van der Waals surface area contributed by atoms with Gasteiger partial charge >= 0.3 is 0 Å². The molecule has 0 atom stereocenters. The van der Waals surface area contributed by atoms with Crippen molar-refractivity contribution in [2.75, 3.05) is 30.8 Å². The zero-order valence-electron chi connectivity index (χ0n) is 11.1. The average molecular weight is 270 g/mol. The van der Waals surface area contributed by atoms with Gasteiger partial charge in [0, 0.05) is 18.0 Å². The molecule has 102 valence electrons. The summed E-state index contributed by atoms with van der Waals surface area (Å²) >= 11 is 0. The zero-order chi connectivity index (χ0) is 13.6. The Morgan fingerprint density at radius 2 is 2.06 bits per heavy atom. The first-order valence-corrected chi connectivity index (χ1v) is 7.98. The van der Waals surface area contributed by atoms with Crippen LogP contribution in [0.15, 0.2) is 24.3 Å². The van der Waals surface area contributed by atoms with Gasteiger partial charge in [-0.15, -0.1) is 0 Å². The molecule has 0 heterocycles. The number of nitrogen functional groups attached to an aromatic ring is 1. The molecule has 0 aliphatic heterocycles. The Kier molecular flexibility index (Phi) is 5.62. The van der Waals surface area contributed by atoms with Crippen LogP contribution in [0.1, 0.15) is 18.9 Å². The van der Waals surface area contributed by atoms with Gasteiger partial charge in [0.25, 0.3) is 0 Å². The summed E-state index contributed by atoms with van der Waals surface area (Å²) in [5.41, 5.74) is 7.62. The Morgan fingerprint density at radius 1 is 1.33 bits per heavy atom. The second-order valence-electron chi connectivity index (χ2n) is 4.57. The number of benzene rings is 1. The molecule has 5 heteroatoms. The molecule has 1 aromatic rings. The predicted molar refractivity (Wildman–Crippen MR) is 76.1 cm³/mol. The monoisotopic (exact) mass is 270 g/mol. The van der Waals surface area contributed by atoms with Gasteiger partial charge in [-0.25, -0.2) is 8.42 Å². The Bertz CT molecular complexity index is 472. The number of anilines is 1. The van der Waals surface area contributed by atoms with Crippen LogP contribution in [0, 0.1) is 0 Å². The van der Waals surface area contributed by atoms with Crippen LogP contribution >= 0.6 is 0 Å². The molecule has 0 fully saturated rings. The molecule has 0 aliphatic carbocycles. The van der Waals surface area contributed by atoms with Crippen LogP contribution in [0.5, 0.6) is 0 Å². The highest BCUT2D eigenvalue weighted by Gasteiger charge is 2.08. The van der Waals surface area contributed by atoms with Crippen LogP contribution in [0.2, 0.25) is 0 Å². The molecule has 2 N–H and O–H groups in total. The Morgan fingerprint density at radius 3 is 2.67 bits per heavy atom. The number of nitrogens with two attached hydrogens (primary N) is 1. The van der Waals surface area contributed by atoms with E-state index in [4.69, 9.17) is 5.73 Å². The maximum atomic E-state index is 11.3. The SMILES string of the molecule is CCS(=O)(=O)CCCN(C)Cc1cccc(N)c1. The molecule has 1 rings (SSSR count). The fraction of sp³-hybridized carbons (Fsp3) is 0.538. The summed E-state index contributed by atoms with van der Waals surface area (Å²) in [6, 6.07) is 7.76. The lowest BCUT2D eigenvalue weighted by atomic mass is 10.2. The summed E-state index contributed by atoms with van der Waals surface area (Å²) < 4.78 is 22.7. The average Bonchev–Trinajstić information content (AvgIpc) is 2.28. The maximum Gasteiger partial charge on any atom is 0.150 e. The molecule has 18 heavy (non-hydrogen) atoms. The Labute approximate surface area is 110 Å². The van der Waals surface area contributed by atoms with Crippen molar-refractivity contribution in [2.45, 2.75) is 19.9 Å². The van der Waals surface area contributed by atoms with Crippen molar-refractivity contribution in [3.8, 4) is 0 Å². The Balaban J connectivity index is 2.36. The van der Waals surface area contributed by atoms with Gasteiger partial charge in [0.1, 0.15) is 9.84 Å². The minimum Gasteiger partial charge on any atom is -0.399 e. The lowest BCUT2D eigenvalue weighted by Gasteiger charge is -2.16. The predicted octanol–water partition coefficient (Wildman–Crippen LogP) is 1.53. The summed E-state index contributed by atoms with van der Waals surface area (Å²) in [5.74, 6) is 0.497. The molecule has 0 bridgehead atoms. The molecular formula is C13H22N2O2S. The lowest BCUT2D eigenvalue weighted by molar-refractivity contribution is 0.328. The van der Waals surface area contributed by atoms with Crippen LogP contribution in [0.4, 0.5) is 5.69 Å². The fourth-order valence-electron chi connectivity index (χ4n) is 1.78. The molecule has 0 saturated heterocycles. The zero-order valence-corrected chi connectivity index (χ0v) is 11.9. The van der Waals surface area contributed by atoms with E-state index in [0.717, 1.165) is 24.3 Å². The number of rotatable bonds is 7. The topological polar surface area (TPSA) is 63.4 Å². The van der Waals surface area contributed by atoms with E-state index < -0.39 is 9.84 Å². The van der Waals surface area contributed by atoms with Crippen molar-refractivity contribution in [3.63, 3.8) is 0 Å². The molecule has 4 nitrogen and oxygen atoms in total.